The fourth-order valence-electron chi connectivity index (χ4n) is 2.31. The third kappa shape index (κ3) is 4.25. The first-order chi connectivity index (χ1) is 9.74. The molecule has 2 N–H and O–H groups in total. The van der Waals surface area contributed by atoms with Crippen molar-refractivity contribution >= 4 is 22.4 Å². The molecule has 1 heterocycles. The fourth-order valence-corrected chi connectivity index (χ4v) is 4.01. The summed E-state index contributed by atoms with van der Waals surface area (Å²) in [5.74, 6) is -0.460. The molecular weight excluding hydrogens is 345 g/mol. The molecule has 0 bridgehead atoms. The standard InChI is InChI=1S/C12H15F3N2O3S.ClH/c13-12(14,15)20-10-3-5-11(6-4-10)21(18,19)17-7-1-2-9(17)8-16;/h3-6,9H,1-2,7-8,16H2;1H. The smallest absolute Gasteiger partial charge is 0.406 e. The van der Waals surface area contributed by atoms with Gasteiger partial charge in [0.05, 0.1) is 4.90 Å². The van der Waals surface area contributed by atoms with E-state index in [0.717, 1.165) is 30.7 Å². The maximum Gasteiger partial charge on any atom is 0.573 e. The summed E-state index contributed by atoms with van der Waals surface area (Å²) in [4.78, 5) is -0.0719. The highest BCUT2D eigenvalue weighted by Gasteiger charge is 2.35. The topological polar surface area (TPSA) is 72.6 Å². The zero-order valence-corrected chi connectivity index (χ0v) is 13.0. The van der Waals surface area contributed by atoms with Crippen LogP contribution < -0.4 is 10.5 Å². The Kier molecular flexibility index (Phi) is 6.08. The maximum absolute atomic E-state index is 12.4. The van der Waals surface area contributed by atoms with Crippen molar-refractivity contribution in [1.29, 1.82) is 0 Å². The van der Waals surface area contributed by atoms with E-state index in [1.54, 1.807) is 0 Å². The molecule has 1 aliphatic heterocycles. The highest BCUT2D eigenvalue weighted by Crippen LogP contribution is 2.28. The van der Waals surface area contributed by atoms with Gasteiger partial charge in [-0.25, -0.2) is 8.42 Å². The van der Waals surface area contributed by atoms with E-state index in [9.17, 15) is 21.6 Å². The number of alkyl halides is 3. The van der Waals surface area contributed by atoms with Gasteiger partial charge >= 0.3 is 6.36 Å². The first-order valence-electron chi connectivity index (χ1n) is 6.32. The molecule has 1 saturated heterocycles. The Morgan fingerprint density at radius 1 is 1.27 bits per heavy atom. The first-order valence-corrected chi connectivity index (χ1v) is 7.76. The van der Waals surface area contributed by atoms with Gasteiger partial charge in [0.25, 0.3) is 0 Å². The fraction of sp³-hybridized carbons (Fsp3) is 0.500. The Morgan fingerprint density at radius 3 is 2.36 bits per heavy atom. The number of halogens is 4. The number of hydrogen-bond donors (Lipinski definition) is 1. The molecular formula is C12H16ClF3N2O3S. The number of rotatable bonds is 4. The van der Waals surface area contributed by atoms with Crippen molar-refractivity contribution in [3.63, 3.8) is 0 Å². The lowest BCUT2D eigenvalue weighted by atomic mass is 10.2. The molecule has 22 heavy (non-hydrogen) atoms. The van der Waals surface area contributed by atoms with Crippen molar-refractivity contribution in [3.05, 3.63) is 24.3 Å². The monoisotopic (exact) mass is 360 g/mol. The molecule has 0 aliphatic carbocycles. The third-order valence-electron chi connectivity index (χ3n) is 3.26. The molecule has 10 heteroatoms. The molecule has 0 spiro atoms. The quantitative estimate of drug-likeness (QED) is 0.892. The van der Waals surface area contributed by atoms with Crippen LogP contribution in [0.3, 0.4) is 0 Å². The van der Waals surface area contributed by atoms with Gasteiger partial charge in [-0.15, -0.1) is 25.6 Å². The average Bonchev–Trinajstić information content (AvgIpc) is 2.86. The molecule has 1 atom stereocenters. The van der Waals surface area contributed by atoms with E-state index < -0.39 is 22.1 Å². The number of nitrogens with zero attached hydrogens (tertiary/aromatic N) is 1. The zero-order valence-electron chi connectivity index (χ0n) is 11.4. The predicted molar refractivity (Wildman–Crippen MR) is 76.3 cm³/mol. The second-order valence-electron chi connectivity index (χ2n) is 4.67. The zero-order chi connectivity index (χ0) is 15.7. The Morgan fingerprint density at radius 2 is 1.86 bits per heavy atom. The van der Waals surface area contributed by atoms with Gasteiger partial charge in [0.15, 0.2) is 0 Å². The van der Waals surface area contributed by atoms with E-state index in [1.807, 2.05) is 0 Å². The molecule has 5 nitrogen and oxygen atoms in total. The van der Waals surface area contributed by atoms with E-state index in [4.69, 9.17) is 5.73 Å². The molecule has 1 aromatic rings. The van der Waals surface area contributed by atoms with Crippen LogP contribution in [0, 0.1) is 0 Å². The van der Waals surface area contributed by atoms with Crippen LogP contribution in [0.25, 0.3) is 0 Å². The summed E-state index contributed by atoms with van der Waals surface area (Å²) in [6.07, 6.45) is -3.40. The maximum atomic E-state index is 12.4. The number of hydrogen-bond acceptors (Lipinski definition) is 4. The van der Waals surface area contributed by atoms with Crippen LogP contribution in [0.15, 0.2) is 29.2 Å². The molecule has 2 rings (SSSR count). The van der Waals surface area contributed by atoms with Crippen molar-refractivity contribution < 1.29 is 26.3 Å². The summed E-state index contributed by atoms with van der Waals surface area (Å²) < 4.78 is 66.0. The second kappa shape index (κ2) is 7.03. The molecule has 0 aromatic heterocycles. The van der Waals surface area contributed by atoms with E-state index in [0.29, 0.717) is 13.0 Å². The van der Waals surface area contributed by atoms with Gasteiger partial charge in [-0.3, -0.25) is 0 Å². The Balaban J connectivity index is 0.00000242. The van der Waals surface area contributed by atoms with Gasteiger partial charge in [0.1, 0.15) is 5.75 Å². The van der Waals surface area contributed by atoms with Crippen molar-refractivity contribution in [3.8, 4) is 5.75 Å². The normalized spacial score (nSPS) is 19.7. The van der Waals surface area contributed by atoms with E-state index in [-0.39, 0.29) is 29.9 Å². The highest BCUT2D eigenvalue weighted by molar-refractivity contribution is 7.89. The Hall–Kier alpha value is -1.03. The molecule has 1 aliphatic rings. The minimum absolute atomic E-state index is 0. The number of sulfonamides is 1. The minimum atomic E-state index is -4.81. The number of ether oxygens (including phenoxy) is 1. The van der Waals surface area contributed by atoms with Crippen LogP contribution >= 0.6 is 12.4 Å². The first kappa shape index (κ1) is 19.0. The number of benzene rings is 1. The summed E-state index contributed by atoms with van der Waals surface area (Å²) >= 11 is 0. The molecule has 1 fully saturated rings. The summed E-state index contributed by atoms with van der Waals surface area (Å²) in [7, 11) is -3.74. The summed E-state index contributed by atoms with van der Waals surface area (Å²) in [5.41, 5.74) is 5.54. The molecule has 0 radical (unpaired) electrons. The van der Waals surface area contributed by atoms with Crippen LogP contribution in [0.4, 0.5) is 13.2 Å². The molecule has 0 saturated carbocycles. The lowest BCUT2D eigenvalue weighted by Crippen LogP contribution is -2.39. The van der Waals surface area contributed by atoms with Gasteiger partial charge in [0, 0.05) is 19.1 Å². The summed E-state index contributed by atoms with van der Waals surface area (Å²) in [6, 6.07) is 3.90. The summed E-state index contributed by atoms with van der Waals surface area (Å²) in [5, 5.41) is 0. The van der Waals surface area contributed by atoms with E-state index in [2.05, 4.69) is 4.74 Å². The van der Waals surface area contributed by atoms with Crippen LogP contribution in [0.2, 0.25) is 0 Å². The van der Waals surface area contributed by atoms with Gasteiger partial charge in [-0.2, -0.15) is 4.31 Å². The molecule has 1 aromatic carbocycles. The van der Waals surface area contributed by atoms with Gasteiger partial charge < -0.3 is 10.5 Å². The molecule has 126 valence electrons. The van der Waals surface area contributed by atoms with E-state index in [1.165, 1.54) is 4.31 Å². The van der Waals surface area contributed by atoms with Gasteiger partial charge in [-0.1, -0.05) is 0 Å². The Labute approximate surface area is 132 Å². The Bertz CT molecular complexity index is 593. The number of nitrogens with two attached hydrogens (primary N) is 1. The summed E-state index contributed by atoms with van der Waals surface area (Å²) in [6.45, 7) is 0.583. The largest absolute Gasteiger partial charge is 0.573 e. The van der Waals surface area contributed by atoms with Crippen LogP contribution in [-0.2, 0) is 10.0 Å². The van der Waals surface area contributed by atoms with Crippen molar-refractivity contribution in [2.24, 2.45) is 5.73 Å². The van der Waals surface area contributed by atoms with Gasteiger partial charge in [-0.05, 0) is 37.1 Å². The van der Waals surface area contributed by atoms with Crippen LogP contribution in [0.5, 0.6) is 5.75 Å². The lowest BCUT2D eigenvalue weighted by molar-refractivity contribution is -0.274. The van der Waals surface area contributed by atoms with Gasteiger partial charge in [0.2, 0.25) is 10.0 Å². The second-order valence-corrected chi connectivity index (χ2v) is 6.56. The minimum Gasteiger partial charge on any atom is -0.406 e. The van der Waals surface area contributed by atoms with Crippen molar-refractivity contribution in [2.45, 2.75) is 30.1 Å². The molecule has 0 amide bonds. The van der Waals surface area contributed by atoms with Crippen LogP contribution in [0.1, 0.15) is 12.8 Å². The third-order valence-corrected chi connectivity index (χ3v) is 5.23. The predicted octanol–water partition coefficient (Wildman–Crippen LogP) is 2.12. The van der Waals surface area contributed by atoms with Crippen molar-refractivity contribution in [1.82, 2.24) is 4.31 Å². The SMILES string of the molecule is Cl.NCC1CCCN1S(=O)(=O)c1ccc(OC(F)(F)F)cc1. The molecule has 1 unspecified atom stereocenters. The van der Waals surface area contributed by atoms with Crippen LogP contribution in [-0.4, -0.2) is 38.2 Å². The average molecular weight is 361 g/mol. The lowest BCUT2D eigenvalue weighted by Gasteiger charge is -2.22. The van der Waals surface area contributed by atoms with Crippen molar-refractivity contribution in [2.75, 3.05) is 13.1 Å². The van der Waals surface area contributed by atoms with E-state index >= 15 is 0 Å². The highest BCUT2D eigenvalue weighted by atomic mass is 35.5.